The number of carbonyl (C=O) groups is 1. The van der Waals surface area contributed by atoms with Crippen molar-refractivity contribution in [1.29, 1.82) is 0 Å². The highest BCUT2D eigenvalue weighted by molar-refractivity contribution is 5.77. The molecule has 0 aliphatic carbocycles. The number of likely N-dealkylation sites (tertiary alicyclic amines) is 1. The number of amides is 1. The molecule has 2 aliphatic rings. The largest absolute Gasteiger partial charge is 0.375 e. The van der Waals surface area contributed by atoms with E-state index >= 15 is 0 Å². The van der Waals surface area contributed by atoms with Crippen molar-refractivity contribution < 1.29 is 19.0 Å². The molecule has 5 heteroatoms. The van der Waals surface area contributed by atoms with Crippen LogP contribution < -0.4 is 0 Å². The van der Waals surface area contributed by atoms with E-state index in [-0.39, 0.29) is 12.5 Å². The Labute approximate surface area is 95.6 Å². The number of hydrogen-bond acceptors (Lipinski definition) is 4. The lowest BCUT2D eigenvalue weighted by atomic mass is 10.0. The van der Waals surface area contributed by atoms with E-state index in [1.165, 1.54) is 7.11 Å². The Hall–Kier alpha value is -0.650. The standard InChI is InChI=1S/C11H19NO4/c1-14-9-10(13)12-5-3-11(4-6-12)15-7-2-8-16-11/h2-9H2,1H3. The highest BCUT2D eigenvalue weighted by Gasteiger charge is 2.39. The van der Waals surface area contributed by atoms with Gasteiger partial charge in [0.1, 0.15) is 6.61 Å². The highest BCUT2D eigenvalue weighted by atomic mass is 16.7. The topological polar surface area (TPSA) is 48.0 Å². The number of piperidine rings is 1. The van der Waals surface area contributed by atoms with E-state index in [1.54, 1.807) is 0 Å². The smallest absolute Gasteiger partial charge is 0.248 e. The Bertz CT molecular complexity index is 240. The van der Waals surface area contributed by atoms with Crippen LogP contribution in [0.2, 0.25) is 0 Å². The lowest BCUT2D eigenvalue weighted by Crippen LogP contribution is -2.52. The van der Waals surface area contributed by atoms with Gasteiger partial charge >= 0.3 is 0 Å². The zero-order valence-electron chi connectivity index (χ0n) is 9.74. The number of carbonyl (C=O) groups excluding carboxylic acids is 1. The molecule has 1 amide bonds. The van der Waals surface area contributed by atoms with Gasteiger partial charge in [0.2, 0.25) is 5.91 Å². The van der Waals surface area contributed by atoms with Crippen molar-refractivity contribution in [2.75, 3.05) is 40.0 Å². The summed E-state index contributed by atoms with van der Waals surface area (Å²) in [5, 5.41) is 0. The summed E-state index contributed by atoms with van der Waals surface area (Å²) in [5.74, 6) is -0.365. The van der Waals surface area contributed by atoms with Gasteiger partial charge in [0.15, 0.2) is 5.79 Å². The lowest BCUT2D eigenvalue weighted by molar-refractivity contribution is -0.282. The average molecular weight is 229 g/mol. The van der Waals surface area contributed by atoms with Crippen LogP contribution in [0.1, 0.15) is 19.3 Å². The molecule has 2 aliphatic heterocycles. The molecule has 0 aromatic heterocycles. The van der Waals surface area contributed by atoms with E-state index in [2.05, 4.69) is 0 Å². The minimum atomic E-state index is -0.415. The third-order valence-electron chi connectivity index (χ3n) is 3.16. The second-order valence-electron chi connectivity index (χ2n) is 4.27. The van der Waals surface area contributed by atoms with E-state index in [0.29, 0.717) is 13.1 Å². The zero-order valence-corrected chi connectivity index (χ0v) is 9.74. The first-order valence-electron chi connectivity index (χ1n) is 5.80. The SMILES string of the molecule is COCC(=O)N1CCC2(CC1)OCCCO2. The van der Waals surface area contributed by atoms with E-state index in [1.807, 2.05) is 4.90 Å². The number of nitrogens with zero attached hydrogens (tertiary/aromatic N) is 1. The molecule has 2 heterocycles. The first-order chi connectivity index (χ1) is 7.76. The van der Waals surface area contributed by atoms with Crippen molar-refractivity contribution in [2.45, 2.75) is 25.0 Å². The van der Waals surface area contributed by atoms with Crippen molar-refractivity contribution in [3.05, 3.63) is 0 Å². The molecule has 1 spiro atoms. The van der Waals surface area contributed by atoms with Crippen LogP contribution in [-0.2, 0) is 19.0 Å². The van der Waals surface area contributed by atoms with Crippen LogP contribution in [0.5, 0.6) is 0 Å². The second kappa shape index (κ2) is 5.12. The minimum Gasteiger partial charge on any atom is -0.375 e. The highest BCUT2D eigenvalue weighted by Crippen LogP contribution is 2.30. The third kappa shape index (κ3) is 2.53. The van der Waals surface area contributed by atoms with Crippen molar-refractivity contribution in [3.8, 4) is 0 Å². The summed E-state index contributed by atoms with van der Waals surface area (Å²) in [6, 6.07) is 0. The summed E-state index contributed by atoms with van der Waals surface area (Å²) >= 11 is 0. The quantitative estimate of drug-likeness (QED) is 0.687. The Morgan fingerprint density at radius 1 is 1.31 bits per heavy atom. The molecular formula is C11H19NO4. The van der Waals surface area contributed by atoms with Crippen LogP contribution in [0.15, 0.2) is 0 Å². The van der Waals surface area contributed by atoms with Gasteiger partial charge in [0, 0.05) is 33.0 Å². The molecule has 2 fully saturated rings. The molecule has 0 radical (unpaired) electrons. The summed E-state index contributed by atoms with van der Waals surface area (Å²) in [5.41, 5.74) is 0. The summed E-state index contributed by atoms with van der Waals surface area (Å²) in [7, 11) is 1.54. The molecule has 0 aromatic rings. The first-order valence-corrected chi connectivity index (χ1v) is 5.80. The van der Waals surface area contributed by atoms with Crippen molar-refractivity contribution in [1.82, 2.24) is 4.90 Å². The average Bonchev–Trinajstić information content (AvgIpc) is 2.31. The first kappa shape index (κ1) is 11.8. The molecule has 16 heavy (non-hydrogen) atoms. The normalized spacial score (nSPS) is 24.7. The van der Waals surface area contributed by atoms with Gasteiger partial charge in [-0.3, -0.25) is 4.79 Å². The Morgan fingerprint density at radius 2 is 1.94 bits per heavy atom. The number of ether oxygens (including phenoxy) is 3. The molecule has 0 bridgehead atoms. The van der Waals surface area contributed by atoms with E-state index in [4.69, 9.17) is 14.2 Å². The van der Waals surface area contributed by atoms with Gasteiger partial charge in [-0.25, -0.2) is 0 Å². The maximum atomic E-state index is 11.6. The van der Waals surface area contributed by atoms with E-state index in [0.717, 1.165) is 32.5 Å². The van der Waals surface area contributed by atoms with Crippen LogP contribution in [0, 0.1) is 0 Å². The predicted octanol–water partition coefficient (Wildman–Crippen LogP) is 0.388. The van der Waals surface area contributed by atoms with Gasteiger partial charge in [0.25, 0.3) is 0 Å². The molecule has 2 saturated heterocycles. The second-order valence-corrected chi connectivity index (χ2v) is 4.27. The maximum Gasteiger partial charge on any atom is 0.248 e. The summed E-state index contributed by atoms with van der Waals surface area (Å²) in [4.78, 5) is 13.4. The van der Waals surface area contributed by atoms with Crippen LogP contribution in [0.3, 0.4) is 0 Å². The summed E-state index contributed by atoms with van der Waals surface area (Å²) < 4.78 is 16.2. The summed E-state index contributed by atoms with van der Waals surface area (Å²) in [6.45, 7) is 3.09. The molecular weight excluding hydrogens is 210 g/mol. The number of rotatable bonds is 2. The Morgan fingerprint density at radius 3 is 2.50 bits per heavy atom. The molecule has 5 nitrogen and oxygen atoms in total. The minimum absolute atomic E-state index is 0.0492. The molecule has 0 unspecified atom stereocenters. The van der Waals surface area contributed by atoms with Gasteiger partial charge in [-0.15, -0.1) is 0 Å². The number of hydrogen-bond donors (Lipinski definition) is 0. The van der Waals surface area contributed by atoms with Gasteiger partial charge in [-0.05, 0) is 6.42 Å². The van der Waals surface area contributed by atoms with Gasteiger partial charge in [-0.2, -0.15) is 0 Å². The van der Waals surface area contributed by atoms with Crippen LogP contribution in [0.4, 0.5) is 0 Å². The van der Waals surface area contributed by atoms with Crippen molar-refractivity contribution in [3.63, 3.8) is 0 Å². The predicted molar refractivity (Wildman–Crippen MR) is 56.9 cm³/mol. The molecule has 0 aromatic carbocycles. The van der Waals surface area contributed by atoms with Crippen LogP contribution in [0.25, 0.3) is 0 Å². The Balaban J connectivity index is 1.83. The van der Waals surface area contributed by atoms with Gasteiger partial charge < -0.3 is 19.1 Å². The van der Waals surface area contributed by atoms with Crippen molar-refractivity contribution >= 4 is 5.91 Å². The lowest BCUT2D eigenvalue weighted by Gasteiger charge is -2.43. The zero-order chi connectivity index (χ0) is 11.4. The van der Waals surface area contributed by atoms with Crippen LogP contribution in [-0.4, -0.2) is 56.6 Å². The molecule has 0 atom stereocenters. The molecule has 0 N–H and O–H groups in total. The molecule has 2 rings (SSSR count). The van der Waals surface area contributed by atoms with E-state index < -0.39 is 5.79 Å². The maximum absolute atomic E-state index is 11.6. The fourth-order valence-corrected chi connectivity index (χ4v) is 2.22. The summed E-state index contributed by atoms with van der Waals surface area (Å²) in [6.07, 6.45) is 2.50. The molecule has 92 valence electrons. The van der Waals surface area contributed by atoms with Crippen molar-refractivity contribution in [2.24, 2.45) is 0 Å². The van der Waals surface area contributed by atoms with Gasteiger partial charge in [0.05, 0.1) is 13.2 Å². The molecule has 0 saturated carbocycles. The third-order valence-corrected chi connectivity index (χ3v) is 3.16. The van der Waals surface area contributed by atoms with Gasteiger partial charge in [-0.1, -0.05) is 0 Å². The fourth-order valence-electron chi connectivity index (χ4n) is 2.22. The monoisotopic (exact) mass is 229 g/mol. The Kier molecular flexibility index (Phi) is 3.78. The van der Waals surface area contributed by atoms with E-state index in [9.17, 15) is 4.79 Å². The fraction of sp³-hybridized carbons (Fsp3) is 0.909. The number of methoxy groups -OCH3 is 1. The van der Waals surface area contributed by atoms with Crippen LogP contribution >= 0.6 is 0 Å².